The number of aromatic nitrogens is 1. The van der Waals surface area contributed by atoms with Gasteiger partial charge in [-0.25, -0.2) is 4.98 Å². The highest BCUT2D eigenvalue weighted by molar-refractivity contribution is 7.13. The van der Waals surface area contributed by atoms with Crippen LogP contribution in [0.1, 0.15) is 31.6 Å². The number of hydrogen-bond donors (Lipinski definition) is 1. The smallest absolute Gasteiger partial charge is 0.182 e. The van der Waals surface area contributed by atoms with Crippen molar-refractivity contribution in [2.45, 2.75) is 25.9 Å². The summed E-state index contributed by atoms with van der Waals surface area (Å²) in [5.41, 5.74) is 0.980. The Morgan fingerprint density at radius 3 is 3.05 bits per heavy atom. The van der Waals surface area contributed by atoms with Crippen LogP contribution >= 0.6 is 11.3 Å². The summed E-state index contributed by atoms with van der Waals surface area (Å²) in [6, 6.07) is 7.79. The van der Waals surface area contributed by atoms with E-state index in [2.05, 4.69) is 22.6 Å². The Kier molecular flexibility index (Phi) is 4.06. The van der Waals surface area contributed by atoms with Gasteiger partial charge in [-0.3, -0.25) is 0 Å². The van der Waals surface area contributed by atoms with Crippen LogP contribution < -0.4 is 14.8 Å². The molecule has 1 N–H and O–H groups in total. The second-order valence-corrected chi connectivity index (χ2v) is 5.55. The number of ether oxygens (including phenoxy) is 2. The van der Waals surface area contributed by atoms with Gasteiger partial charge in [0.25, 0.3) is 0 Å². The van der Waals surface area contributed by atoms with Crippen LogP contribution in [0.5, 0.6) is 11.5 Å². The predicted octanol–water partition coefficient (Wildman–Crippen LogP) is 3.87. The zero-order valence-corrected chi connectivity index (χ0v) is 12.3. The lowest BCUT2D eigenvalue weighted by atomic mass is 10.2. The van der Waals surface area contributed by atoms with E-state index < -0.39 is 0 Å². The number of benzene rings is 1. The minimum absolute atomic E-state index is 0.0351. The molecule has 0 saturated carbocycles. The fraction of sp³-hybridized carbons (Fsp3) is 0.400. The Morgan fingerprint density at radius 1 is 1.35 bits per heavy atom. The first kappa shape index (κ1) is 13.2. The molecule has 1 aromatic carbocycles. The Bertz CT molecular complexity index is 571. The van der Waals surface area contributed by atoms with E-state index in [-0.39, 0.29) is 6.10 Å². The van der Waals surface area contributed by atoms with Crippen molar-refractivity contribution in [2.75, 3.05) is 18.5 Å². The summed E-state index contributed by atoms with van der Waals surface area (Å²) < 4.78 is 11.8. The largest absolute Gasteiger partial charge is 0.490 e. The third kappa shape index (κ3) is 2.88. The first-order valence-electron chi connectivity index (χ1n) is 6.94. The minimum Gasteiger partial charge on any atom is -0.490 e. The summed E-state index contributed by atoms with van der Waals surface area (Å²) in [5, 5.41) is 6.34. The highest BCUT2D eigenvalue weighted by Crippen LogP contribution is 2.36. The van der Waals surface area contributed by atoms with Crippen molar-refractivity contribution in [3.8, 4) is 11.5 Å². The molecule has 1 aromatic heterocycles. The summed E-state index contributed by atoms with van der Waals surface area (Å²) in [4.78, 5) is 4.61. The molecule has 4 nitrogen and oxygen atoms in total. The molecule has 0 radical (unpaired) electrons. The van der Waals surface area contributed by atoms with Gasteiger partial charge in [-0.1, -0.05) is 19.1 Å². The lowest BCUT2D eigenvalue weighted by molar-refractivity contribution is 0.191. The summed E-state index contributed by atoms with van der Waals surface area (Å²) >= 11 is 1.63. The number of anilines is 1. The van der Waals surface area contributed by atoms with Crippen LogP contribution in [0.2, 0.25) is 0 Å². The van der Waals surface area contributed by atoms with E-state index in [1.165, 1.54) is 0 Å². The molecule has 20 heavy (non-hydrogen) atoms. The van der Waals surface area contributed by atoms with Crippen LogP contribution in [-0.2, 0) is 0 Å². The molecule has 106 valence electrons. The number of hydrogen-bond acceptors (Lipinski definition) is 5. The molecule has 1 aliphatic heterocycles. The Morgan fingerprint density at radius 2 is 2.20 bits per heavy atom. The molecule has 5 heteroatoms. The second-order valence-electron chi connectivity index (χ2n) is 4.69. The fourth-order valence-corrected chi connectivity index (χ4v) is 2.89. The average Bonchev–Trinajstić information content (AvgIpc) is 2.84. The molecule has 0 saturated heterocycles. The molecule has 0 spiro atoms. The predicted molar refractivity (Wildman–Crippen MR) is 80.8 cm³/mol. The van der Waals surface area contributed by atoms with Crippen LogP contribution in [0.3, 0.4) is 0 Å². The van der Waals surface area contributed by atoms with Crippen molar-refractivity contribution in [1.82, 2.24) is 4.98 Å². The first-order valence-corrected chi connectivity index (χ1v) is 7.82. The van der Waals surface area contributed by atoms with Gasteiger partial charge >= 0.3 is 0 Å². The van der Waals surface area contributed by atoms with E-state index in [4.69, 9.17) is 9.47 Å². The Balaban J connectivity index is 1.75. The van der Waals surface area contributed by atoms with E-state index in [0.717, 1.165) is 41.7 Å². The molecule has 0 aliphatic carbocycles. The van der Waals surface area contributed by atoms with Gasteiger partial charge in [-0.2, -0.15) is 0 Å². The first-order chi connectivity index (χ1) is 9.86. The molecule has 0 amide bonds. The van der Waals surface area contributed by atoms with Crippen LogP contribution in [-0.4, -0.2) is 18.1 Å². The number of fused-ring (bicyclic) bond motifs is 1. The number of nitrogens with zero attached hydrogens (tertiary/aromatic N) is 1. The van der Waals surface area contributed by atoms with E-state index in [0.29, 0.717) is 6.61 Å². The van der Waals surface area contributed by atoms with Gasteiger partial charge in [0, 0.05) is 18.3 Å². The number of para-hydroxylation sites is 2. The van der Waals surface area contributed by atoms with E-state index >= 15 is 0 Å². The SMILES string of the molecule is CCCNc1nc(C2CCOc3ccccc3O2)cs1. The number of nitrogens with one attached hydrogen (secondary N) is 1. The molecule has 0 bridgehead atoms. The summed E-state index contributed by atoms with van der Waals surface area (Å²) in [5.74, 6) is 1.61. The summed E-state index contributed by atoms with van der Waals surface area (Å²) in [7, 11) is 0. The van der Waals surface area contributed by atoms with Gasteiger partial charge in [-0.05, 0) is 18.6 Å². The van der Waals surface area contributed by atoms with Crippen molar-refractivity contribution >= 4 is 16.5 Å². The summed E-state index contributed by atoms with van der Waals surface area (Å²) in [6.45, 7) is 3.74. The maximum absolute atomic E-state index is 6.05. The zero-order valence-electron chi connectivity index (χ0n) is 11.5. The van der Waals surface area contributed by atoms with Crippen molar-refractivity contribution < 1.29 is 9.47 Å². The molecule has 1 unspecified atom stereocenters. The van der Waals surface area contributed by atoms with Crippen molar-refractivity contribution in [2.24, 2.45) is 0 Å². The van der Waals surface area contributed by atoms with Gasteiger partial charge in [0.05, 0.1) is 12.3 Å². The fourth-order valence-electron chi connectivity index (χ4n) is 2.11. The maximum Gasteiger partial charge on any atom is 0.182 e. The van der Waals surface area contributed by atoms with Crippen molar-refractivity contribution in [3.63, 3.8) is 0 Å². The molecular weight excluding hydrogens is 272 g/mol. The van der Waals surface area contributed by atoms with E-state index in [9.17, 15) is 0 Å². The minimum atomic E-state index is -0.0351. The van der Waals surface area contributed by atoms with Crippen LogP contribution in [0, 0.1) is 0 Å². The molecular formula is C15H18N2O2S. The molecule has 1 aliphatic rings. The van der Waals surface area contributed by atoms with Gasteiger partial charge in [0.2, 0.25) is 0 Å². The van der Waals surface area contributed by atoms with Gasteiger partial charge in [0.15, 0.2) is 16.6 Å². The second kappa shape index (κ2) is 6.13. The van der Waals surface area contributed by atoms with Crippen LogP contribution in [0.4, 0.5) is 5.13 Å². The molecule has 0 fully saturated rings. The van der Waals surface area contributed by atoms with Crippen LogP contribution in [0.15, 0.2) is 29.6 Å². The molecule has 2 aromatic rings. The maximum atomic E-state index is 6.05. The van der Waals surface area contributed by atoms with Crippen molar-refractivity contribution in [3.05, 3.63) is 35.3 Å². The van der Waals surface area contributed by atoms with Gasteiger partial charge in [0.1, 0.15) is 6.10 Å². The standard InChI is InChI=1S/C15H18N2O2S/c1-2-8-16-15-17-11(10-20-15)12-7-9-18-13-5-3-4-6-14(13)19-12/h3-6,10,12H,2,7-9H2,1H3,(H,16,17). The normalized spacial score (nSPS) is 17.6. The lowest BCUT2D eigenvalue weighted by Crippen LogP contribution is -2.09. The van der Waals surface area contributed by atoms with Gasteiger partial charge in [-0.15, -0.1) is 11.3 Å². The molecule has 3 rings (SSSR count). The number of thiazole rings is 1. The van der Waals surface area contributed by atoms with E-state index in [1.54, 1.807) is 11.3 Å². The average molecular weight is 290 g/mol. The zero-order chi connectivity index (χ0) is 13.8. The quantitative estimate of drug-likeness (QED) is 0.928. The molecule has 2 heterocycles. The highest BCUT2D eigenvalue weighted by Gasteiger charge is 2.22. The Hall–Kier alpha value is -1.75. The number of rotatable bonds is 4. The monoisotopic (exact) mass is 290 g/mol. The third-order valence-corrected chi connectivity index (χ3v) is 3.95. The lowest BCUT2D eigenvalue weighted by Gasteiger charge is -2.13. The van der Waals surface area contributed by atoms with Crippen LogP contribution in [0.25, 0.3) is 0 Å². The highest BCUT2D eigenvalue weighted by atomic mass is 32.1. The van der Waals surface area contributed by atoms with Gasteiger partial charge < -0.3 is 14.8 Å². The topological polar surface area (TPSA) is 43.4 Å². The third-order valence-electron chi connectivity index (χ3n) is 3.13. The summed E-state index contributed by atoms with van der Waals surface area (Å²) in [6.07, 6.45) is 1.87. The molecule has 1 atom stereocenters. The van der Waals surface area contributed by atoms with E-state index in [1.807, 2.05) is 24.3 Å². The Labute approximate surface area is 122 Å². The van der Waals surface area contributed by atoms with Crippen molar-refractivity contribution in [1.29, 1.82) is 0 Å².